The van der Waals surface area contributed by atoms with Gasteiger partial charge in [0.2, 0.25) is 0 Å². The molecule has 1 saturated heterocycles. The molecule has 25 heavy (non-hydrogen) atoms. The molecule has 0 spiro atoms. The number of benzene rings is 1. The maximum atomic E-state index is 12.8. The van der Waals surface area contributed by atoms with Crippen molar-refractivity contribution in [2.24, 2.45) is 0 Å². The minimum Gasteiger partial charge on any atom is -0.496 e. The Balaban J connectivity index is 2.08. The maximum absolute atomic E-state index is 12.8. The normalized spacial score (nSPS) is 18.1. The molecule has 0 aromatic heterocycles. The van der Waals surface area contributed by atoms with E-state index in [1.807, 2.05) is 27.7 Å². The quantitative estimate of drug-likeness (QED) is 0.744. The standard InChI is InChI=1S/C18H25BrN2O4/c1-12-11-20(9-10-21(12)17(23)25-18(2,3)4)16(22)13-7-6-8-14(24-5)15(13)19/h6-8,12H,9-11H2,1-5H3. The minimum atomic E-state index is -0.533. The molecule has 7 heteroatoms. The van der Waals surface area contributed by atoms with Gasteiger partial charge in [0.25, 0.3) is 5.91 Å². The highest BCUT2D eigenvalue weighted by molar-refractivity contribution is 9.10. The van der Waals surface area contributed by atoms with Crippen molar-refractivity contribution < 1.29 is 19.1 Å². The van der Waals surface area contributed by atoms with E-state index in [2.05, 4.69) is 15.9 Å². The lowest BCUT2D eigenvalue weighted by atomic mass is 10.1. The molecule has 1 atom stereocenters. The van der Waals surface area contributed by atoms with Crippen LogP contribution in [0, 0.1) is 0 Å². The minimum absolute atomic E-state index is 0.0820. The number of piperazine rings is 1. The zero-order valence-corrected chi connectivity index (χ0v) is 16.9. The van der Waals surface area contributed by atoms with E-state index in [9.17, 15) is 9.59 Å². The maximum Gasteiger partial charge on any atom is 0.410 e. The van der Waals surface area contributed by atoms with E-state index in [1.54, 1.807) is 35.1 Å². The van der Waals surface area contributed by atoms with Crippen LogP contribution in [0.15, 0.2) is 22.7 Å². The molecular weight excluding hydrogens is 388 g/mol. The number of methoxy groups -OCH3 is 1. The molecule has 0 bridgehead atoms. The summed E-state index contributed by atoms with van der Waals surface area (Å²) in [6, 6.07) is 5.23. The Hall–Kier alpha value is -1.76. The van der Waals surface area contributed by atoms with Crippen LogP contribution in [-0.2, 0) is 4.74 Å². The second-order valence-corrected chi connectivity index (χ2v) is 7.89. The molecule has 0 radical (unpaired) electrons. The van der Waals surface area contributed by atoms with Crippen LogP contribution in [0.1, 0.15) is 38.1 Å². The number of halogens is 1. The van der Waals surface area contributed by atoms with E-state index in [0.29, 0.717) is 35.4 Å². The highest BCUT2D eigenvalue weighted by Gasteiger charge is 2.33. The largest absolute Gasteiger partial charge is 0.496 e. The summed E-state index contributed by atoms with van der Waals surface area (Å²) in [4.78, 5) is 28.6. The van der Waals surface area contributed by atoms with E-state index in [-0.39, 0.29) is 18.0 Å². The Bertz CT molecular complexity index is 657. The lowest BCUT2D eigenvalue weighted by Crippen LogP contribution is -2.56. The third-order valence-corrected chi connectivity index (χ3v) is 4.77. The molecular formula is C18H25BrN2O4. The molecule has 2 rings (SSSR count). The van der Waals surface area contributed by atoms with Gasteiger partial charge in [-0.15, -0.1) is 0 Å². The number of rotatable bonds is 2. The van der Waals surface area contributed by atoms with Crippen molar-refractivity contribution in [3.05, 3.63) is 28.2 Å². The summed E-state index contributed by atoms with van der Waals surface area (Å²) in [7, 11) is 1.57. The molecule has 138 valence electrons. The van der Waals surface area contributed by atoms with Gasteiger partial charge in [-0.25, -0.2) is 4.79 Å². The molecule has 1 unspecified atom stereocenters. The van der Waals surface area contributed by atoms with E-state index < -0.39 is 5.60 Å². The number of carbonyl (C=O) groups is 2. The number of amides is 2. The highest BCUT2D eigenvalue weighted by atomic mass is 79.9. The molecule has 1 aliphatic heterocycles. The van der Waals surface area contributed by atoms with Gasteiger partial charge in [0.1, 0.15) is 11.4 Å². The molecule has 1 aliphatic rings. The van der Waals surface area contributed by atoms with Gasteiger partial charge in [-0.3, -0.25) is 4.79 Å². The number of carbonyl (C=O) groups excluding carboxylic acids is 2. The molecule has 0 N–H and O–H groups in total. The molecule has 1 fully saturated rings. The summed E-state index contributed by atoms with van der Waals surface area (Å²) in [5.41, 5.74) is 0.0205. The van der Waals surface area contributed by atoms with Crippen LogP contribution >= 0.6 is 15.9 Å². The molecule has 1 aromatic carbocycles. The summed E-state index contributed by atoms with van der Waals surface area (Å²) >= 11 is 3.43. The van der Waals surface area contributed by atoms with Crippen LogP contribution in [0.4, 0.5) is 4.79 Å². The molecule has 1 heterocycles. The monoisotopic (exact) mass is 412 g/mol. The summed E-state index contributed by atoms with van der Waals surface area (Å²) in [6.45, 7) is 8.82. The molecule has 6 nitrogen and oxygen atoms in total. The zero-order chi connectivity index (χ0) is 18.8. The summed E-state index contributed by atoms with van der Waals surface area (Å²) in [6.07, 6.45) is -0.338. The van der Waals surface area contributed by atoms with Crippen molar-refractivity contribution in [3.8, 4) is 5.75 Å². The topological polar surface area (TPSA) is 59.1 Å². The number of nitrogens with zero attached hydrogens (tertiary/aromatic N) is 2. The van der Waals surface area contributed by atoms with Gasteiger partial charge in [0.05, 0.1) is 17.1 Å². The first kappa shape index (κ1) is 19.6. The first-order chi connectivity index (χ1) is 11.6. The highest BCUT2D eigenvalue weighted by Crippen LogP contribution is 2.29. The third-order valence-electron chi connectivity index (χ3n) is 3.96. The van der Waals surface area contributed by atoms with Gasteiger partial charge in [0.15, 0.2) is 0 Å². The zero-order valence-electron chi connectivity index (χ0n) is 15.3. The van der Waals surface area contributed by atoms with Gasteiger partial charge in [0, 0.05) is 25.7 Å². The fraction of sp³-hybridized carbons (Fsp3) is 0.556. The van der Waals surface area contributed by atoms with E-state index in [1.165, 1.54) is 0 Å². The van der Waals surface area contributed by atoms with Gasteiger partial charge >= 0.3 is 6.09 Å². The smallest absolute Gasteiger partial charge is 0.410 e. The Morgan fingerprint density at radius 2 is 1.92 bits per heavy atom. The van der Waals surface area contributed by atoms with Crippen LogP contribution in [0.3, 0.4) is 0 Å². The van der Waals surface area contributed by atoms with Gasteiger partial charge < -0.3 is 19.3 Å². The van der Waals surface area contributed by atoms with Crippen molar-refractivity contribution in [2.75, 3.05) is 26.7 Å². The lowest BCUT2D eigenvalue weighted by Gasteiger charge is -2.40. The lowest BCUT2D eigenvalue weighted by molar-refractivity contribution is 0.00197. The average Bonchev–Trinajstić information content (AvgIpc) is 2.52. The van der Waals surface area contributed by atoms with Gasteiger partial charge in [-0.1, -0.05) is 6.07 Å². The van der Waals surface area contributed by atoms with Crippen molar-refractivity contribution in [1.82, 2.24) is 9.80 Å². The molecule has 2 amide bonds. The molecule has 0 saturated carbocycles. The second-order valence-electron chi connectivity index (χ2n) is 7.10. The Labute approximate surface area is 157 Å². The molecule has 0 aliphatic carbocycles. The number of ether oxygens (including phenoxy) is 2. The first-order valence-corrected chi connectivity index (χ1v) is 9.04. The predicted molar refractivity (Wildman–Crippen MR) is 99.0 cm³/mol. The van der Waals surface area contributed by atoms with Crippen LogP contribution in [-0.4, -0.2) is 60.2 Å². The Morgan fingerprint density at radius 1 is 1.24 bits per heavy atom. The first-order valence-electron chi connectivity index (χ1n) is 8.25. The van der Waals surface area contributed by atoms with E-state index >= 15 is 0 Å². The van der Waals surface area contributed by atoms with Crippen molar-refractivity contribution in [3.63, 3.8) is 0 Å². The Morgan fingerprint density at radius 3 is 2.48 bits per heavy atom. The van der Waals surface area contributed by atoms with Crippen LogP contribution in [0.5, 0.6) is 5.75 Å². The number of hydrogen-bond acceptors (Lipinski definition) is 4. The van der Waals surface area contributed by atoms with Gasteiger partial charge in [-0.05, 0) is 55.8 Å². The van der Waals surface area contributed by atoms with Crippen molar-refractivity contribution in [2.45, 2.75) is 39.3 Å². The summed E-state index contributed by atoms with van der Waals surface area (Å²) in [5, 5.41) is 0. The van der Waals surface area contributed by atoms with Crippen molar-refractivity contribution >= 4 is 27.9 Å². The second kappa shape index (κ2) is 7.64. The third kappa shape index (κ3) is 4.66. The van der Waals surface area contributed by atoms with Crippen LogP contribution in [0.25, 0.3) is 0 Å². The molecule has 1 aromatic rings. The SMILES string of the molecule is COc1cccc(C(=O)N2CCN(C(=O)OC(C)(C)C)C(C)C2)c1Br. The summed E-state index contributed by atoms with van der Waals surface area (Å²) in [5.74, 6) is 0.535. The average molecular weight is 413 g/mol. The van der Waals surface area contributed by atoms with Gasteiger partial charge in [-0.2, -0.15) is 0 Å². The van der Waals surface area contributed by atoms with Crippen LogP contribution < -0.4 is 4.74 Å². The predicted octanol–water partition coefficient (Wildman–Crippen LogP) is 3.54. The number of hydrogen-bond donors (Lipinski definition) is 0. The fourth-order valence-electron chi connectivity index (χ4n) is 2.74. The summed E-state index contributed by atoms with van der Waals surface area (Å²) < 4.78 is 11.3. The van der Waals surface area contributed by atoms with Crippen LogP contribution in [0.2, 0.25) is 0 Å². The van der Waals surface area contributed by atoms with E-state index in [0.717, 1.165) is 0 Å². The Kier molecular flexibility index (Phi) is 5.98. The van der Waals surface area contributed by atoms with Crippen molar-refractivity contribution in [1.29, 1.82) is 0 Å². The fourth-order valence-corrected chi connectivity index (χ4v) is 3.33. The van der Waals surface area contributed by atoms with E-state index in [4.69, 9.17) is 9.47 Å².